The average Bonchev–Trinajstić information content (AvgIpc) is 3.52. The van der Waals surface area contributed by atoms with Crippen molar-refractivity contribution in [1.29, 1.82) is 0 Å². The van der Waals surface area contributed by atoms with Crippen molar-refractivity contribution in [1.82, 2.24) is 0 Å². The molecule has 0 fully saturated rings. The standard InChI is InChI=1S/3C14H20/c2*1-10-5-6-11-7-8-13(12(11)9-10)14(2,3)4;1-14(2,3)13-10-6-8-11-7-4-5-9-12(11)13/h2*5-6,9,13H,7-8H2,1-4H3;4-5,7,9,13H,6,8,10H2,1-3H3. The van der Waals surface area contributed by atoms with E-state index in [1.165, 1.54) is 56.1 Å². The van der Waals surface area contributed by atoms with Crippen molar-refractivity contribution in [2.24, 2.45) is 16.2 Å². The van der Waals surface area contributed by atoms with Gasteiger partial charge in [0.05, 0.1) is 0 Å². The van der Waals surface area contributed by atoms with Crippen molar-refractivity contribution in [2.75, 3.05) is 0 Å². The maximum Gasteiger partial charge on any atom is -0.0107 e. The highest BCUT2D eigenvalue weighted by Gasteiger charge is 2.33. The summed E-state index contributed by atoms with van der Waals surface area (Å²) >= 11 is 0. The van der Waals surface area contributed by atoms with Crippen LogP contribution in [0.2, 0.25) is 0 Å². The van der Waals surface area contributed by atoms with E-state index in [-0.39, 0.29) is 0 Å². The van der Waals surface area contributed by atoms with Gasteiger partial charge in [0.15, 0.2) is 0 Å². The summed E-state index contributed by atoms with van der Waals surface area (Å²) in [6.45, 7) is 25.6. The third-order valence-corrected chi connectivity index (χ3v) is 10.3. The zero-order valence-corrected chi connectivity index (χ0v) is 29.0. The summed E-state index contributed by atoms with van der Waals surface area (Å²) in [5, 5.41) is 0. The Morgan fingerprint density at radius 3 is 1.31 bits per heavy atom. The van der Waals surface area contributed by atoms with Crippen LogP contribution in [-0.2, 0) is 19.3 Å². The Morgan fingerprint density at radius 2 is 0.857 bits per heavy atom. The van der Waals surface area contributed by atoms with E-state index in [9.17, 15) is 0 Å². The lowest BCUT2D eigenvalue weighted by atomic mass is 9.69. The Bertz CT molecular complexity index is 1260. The van der Waals surface area contributed by atoms with Crippen LogP contribution in [0.25, 0.3) is 0 Å². The predicted octanol–water partition coefficient (Wildman–Crippen LogP) is 12.3. The molecule has 3 atom stereocenters. The summed E-state index contributed by atoms with van der Waals surface area (Å²) in [4.78, 5) is 0. The first-order valence-electron chi connectivity index (χ1n) is 16.8. The van der Waals surface area contributed by atoms with Crippen molar-refractivity contribution in [3.63, 3.8) is 0 Å². The minimum atomic E-state index is 0.413. The van der Waals surface area contributed by atoms with Gasteiger partial charge in [0, 0.05) is 0 Å². The van der Waals surface area contributed by atoms with Gasteiger partial charge in [0.25, 0.3) is 0 Å². The Labute approximate surface area is 259 Å². The van der Waals surface area contributed by atoms with Crippen LogP contribution in [0.1, 0.15) is 150 Å². The second-order valence-corrected chi connectivity index (χ2v) is 16.8. The van der Waals surface area contributed by atoms with Crippen molar-refractivity contribution in [3.8, 4) is 0 Å². The first-order valence-corrected chi connectivity index (χ1v) is 16.8. The summed E-state index contributed by atoms with van der Waals surface area (Å²) in [5.41, 5.74) is 13.6. The predicted molar refractivity (Wildman–Crippen MR) is 185 cm³/mol. The maximum absolute atomic E-state index is 2.39. The first-order chi connectivity index (χ1) is 19.6. The number of aryl methyl sites for hydroxylation is 5. The molecule has 0 nitrogen and oxygen atoms in total. The molecule has 0 heteroatoms. The van der Waals surface area contributed by atoms with Gasteiger partial charge >= 0.3 is 0 Å². The Morgan fingerprint density at radius 1 is 0.452 bits per heavy atom. The zero-order chi connectivity index (χ0) is 30.9. The van der Waals surface area contributed by atoms with Crippen molar-refractivity contribution in [2.45, 2.75) is 139 Å². The highest BCUT2D eigenvalue weighted by molar-refractivity contribution is 5.40. The van der Waals surface area contributed by atoms with Crippen LogP contribution < -0.4 is 0 Å². The third kappa shape index (κ3) is 7.78. The lowest BCUT2D eigenvalue weighted by molar-refractivity contribution is 0.289. The molecule has 3 aliphatic carbocycles. The summed E-state index contributed by atoms with van der Waals surface area (Å²) in [6.07, 6.45) is 9.22. The third-order valence-electron chi connectivity index (χ3n) is 10.3. The largest absolute Gasteiger partial charge is 0.0620 e. The van der Waals surface area contributed by atoms with Crippen LogP contribution in [0.3, 0.4) is 0 Å². The van der Waals surface area contributed by atoms with Gasteiger partial charge < -0.3 is 0 Å². The van der Waals surface area contributed by atoms with Crippen LogP contribution in [0.15, 0.2) is 60.7 Å². The molecule has 3 aromatic rings. The van der Waals surface area contributed by atoms with Gasteiger partial charge in [-0.05, 0) is 126 Å². The summed E-state index contributed by atoms with van der Waals surface area (Å²) in [5.74, 6) is 2.28. The lowest BCUT2D eigenvalue weighted by Gasteiger charge is -2.35. The minimum Gasteiger partial charge on any atom is -0.0620 e. The quantitative estimate of drug-likeness (QED) is 0.255. The molecule has 3 aliphatic rings. The van der Waals surface area contributed by atoms with Crippen LogP contribution in [0.5, 0.6) is 0 Å². The van der Waals surface area contributed by atoms with E-state index in [1.54, 1.807) is 33.4 Å². The highest BCUT2D eigenvalue weighted by Crippen LogP contribution is 2.46. The summed E-state index contributed by atoms with van der Waals surface area (Å²) < 4.78 is 0. The molecule has 42 heavy (non-hydrogen) atoms. The lowest BCUT2D eigenvalue weighted by Crippen LogP contribution is -2.22. The van der Waals surface area contributed by atoms with Gasteiger partial charge in [-0.15, -0.1) is 0 Å². The SMILES string of the molecule is CC(C)(C)C1CCCc2ccccc21.Cc1ccc2c(c1)C(C(C)(C)C)CC2.Cc1ccc2c(c1)C(C(C)(C)C)CC2. The van der Waals surface area contributed by atoms with Crippen LogP contribution in [-0.4, -0.2) is 0 Å². The van der Waals surface area contributed by atoms with Gasteiger partial charge in [-0.3, -0.25) is 0 Å². The molecule has 228 valence electrons. The molecule has 0 bridgehead atoms. The second-order valence-electron chi connectivity index (χ2n) is 16.8. The normalized spacial score (nSPS) is 21.3. The Kier molecular flexibility index (Phi) is 9.86. The average molecular weight is 565 g/mol. The van der Waals surface area contributed by atoms with E-state index >= 15 is 0 Å². The van der Waals surface area contributed by atoms with Crippen molar-refractivity contribution < 1.29 is 0 Å². The van der Waals surface area contributed by atoms with E-state index in [1.807, 2.05) is 0 Å². The molecular formula is C42H60. The van der Waals surface area contributed by atoms with Crippen molar-refractivity contribution in [3.05, 3.63) is 105 Å². The van der Waals surface area contributed by atoms with Gasteiger partial charge in [-0.2, -0.15) is 0 Å². The van der Waals surface area contributed by atoms with Gasteiger partial charge in [0.1, 0.15) is 0 Å². The topological polar surface area (TPSA) is 0 Å². The minimum absolute atomic E-state index is 0.413. The summed E-state index contributed by atoms with van der Waals surface area (Å²) in [7, 11) is 0. The van der Waals surface area contributed by atoms with Crippen LogP contribution in [0, 0.1) is 30.1 Å². The number of hydrogen-bond acceptors (Lipinski definition) is 0. The Balaban J connectivity index is 0.000000145. The second kappa shape index (κ2) is 12.7. The van der Waals surface area contributed by atoms with Crippen LogP contribution in [0.4, 0.5) is 0 Å². The number of benzene rings is 3. The molecule has 0 amide bonds. The van der Waals surface area contributed by atoms with Gasteiger partial charge in [-0.1, -0.05) is 134 Å². The number of fused-ring (bicyclic) bond motifs is 3. The van der Waals surface area contributed by atoms with E-state index in [0.29, 0.717) is 16.2 Å². The fraction of sp³-hybridized carbons (Fsp3) is 0.571. The van der Waals surface area contributed by atoms with Crippen LogP contribution >= 0.6 is 0 Å². The fourth-order valence-electron chi connectivity index (χ4n) is 7.90. The van der Waals surface area contributed by atoms with E-state index in [4.69, 9.17) is 0 Å². The molecular weight excluding hydrogens is 504 g/mol. The monoisotopic (exact) mass is 564 g/mol. The molecule has 0 saturated heterocycles. The molecule has 6 rings (SSSR count). The molecule has 0 aromatic heterocycles. The molecule has 0 spiro atoms. The molecule has 0 heterocycles. The van der Waals surface area contributed by atoms with Gasteiger partial charge in [0.2, 0.25) is 0 Å². The molecule has 0 radical (unpaired) electrons. The first kappa shape index (κ1) is 32.6. The number of rotatable bonds is 0. The van der Waals surface area contributed by atoms with E-state index < -0.39 is 0 Å². The molecule has 0 saturated carbocycles. The van der Waals surface area contributed by atoms with Gasteiger partial charge in [-0.25, -0.2) is 0 Å². The zero-order valence-electron chi connectivity index (χ0n) is 29.0. The highest BCUT2D eigenvalue weighted by atomic mass is 14.4. The molecule has 3 unspecified atom stereocenters. The summed E-state index contributed by atoms with van der Waals surface area (Å²) in [6, 6.07) is 22.9. The Hall–Kier alpha value is -2.34. The molecule has 3 aromatic carbocycles. The smallest absolute Gasteiger partial charge is 0.0107 e. The van der Waals surface area contributed by atoms with E-state index in [0.717, 1.165) is 17.8 Å². The van der Waals surface area contributed by atoms with E-state index in [2.05, 4.69) is 137 Å². The fourth-order valence-corrected chi connectivity index (χ4v) is 7.90. The van der Waals surface area contributed by atoms with Crippen molar-refractivity contribution >= 4 is 0 Å². The molecule has 0 N–H and O–H groups in total. The molecule has 0 aliphatic heterocycles. The maximum atomic E-state index is 2.39. The number of hydrogen-bond donors (Lipinski definition) is 0.